The average molecular weight is 308 g/mol. The molecule has 0 aliphatic heterocycles. The molecule has 120 valence electrons. The van der Waals surface area contributed by atoms with E-state index in [0.717, 1.165) is 29.7 Å². The molecular formula is C20H24N2O. The van der Waals surface area contributed by atoms with Crippen molar-refractivity contribution < 1.29 is 4.79 Å². The number of urea groups is 1. The van der Waals surface area contributed by atoms with Crippen LogP contribution in [0, 0.1) is 27.7 Å². The van der Waals surface area contributed by atoms with E-state index in [9.17, 15) is 4.79 Å². The number of anilines is 1. The Morgan fingerprint density at radius 2 is 1.48 bits per heavy atom. The van der Waals surface area contributed by atoms with Crippen molar-refractivity contribution in [2.24, 2.45) is 0 Å². The third-order valence-corrected chi connectivity index (χ3v) is 4.62. The second-order valence-corrected chi connectivity index (χ2v) is 6.80. The van der Waals surface area contributed by atoms with E-state index in [-0.39, 0.29) is 11.6 Å². The Kier molecular flexibility index (Phi) is 3.88. The Hall–Kier alpha value is -2.29. The van der Waals surface area contributed by atoms with Crippen LogP contribution in [-0.2, 0) is 5.54 Å². The van der Waals surface area contributed by atoms with Crippen LogP contribution in [0.1, 0.15) is 40.7 Å². The standard InChI is InChI=1S/C20H24N2O/c1-13-5-7-17(8-6-13)20(9-10-20)22-19(23)21-18-15(3)11-14(2)12-16(18)4/h5-8,11-12H,9-10H2,1-4H3,(H2,21,22,23). The molecule has 2 amide bonds. The molecule has 0 unspecified atom stereocenters. The van der Waals surface area contributed by atoms with E-state index >= 15 is 0 Å². The van der Waals surface area contributed by atoms with Gasteiger partial charge in [-0.3, -0.25) is 0 Å². The molecule has 0 atom stereocenters. The minimum Gasteiger partial charge on any atom is -0.328 e. The topological polar surface area (TPSA) is 41.1 Å². The highest BCUT2D eigenvalue weighted by atomic mass is 16.2. The predicted molar refractivity (Wildman–Crippen MR) is 94.9 cm³/mol. The maximum atomic E-state index is 12.5. The number of hydrogen-bond donors (Lipinski definition) is 2. The van der Waals surface area contributed by atoms with E-state index in [1.807, 2.05) is 13.8 Å². The Morgan fingerprint density at radius 1 is 0.913 bits per heavy atom. The molecule has 1 fully saturated rings. The maximum Gasteiger partial charge on any atom is 0.319 e. The van der Waals surface area contributed by atoms with E-state index in [4.69, 9.17) is 0 Å². The first-order valence-electron chi connectivity index (χ1n) is 8.14. The predicted octanol–water partition coefficient (Wildman–Crippen LogP) is 4.73. The van der Waals surface area contributed by atoms with Gasteiger partial charge in [-0.05, 0) is 57.2 Å². The quantitative estimate of drug-likeness (QED) is 0.845. The Morgan fingerprint density at radius 3 is 2.00 bits per heavy atom. The number of aryl methyl sites for hydroxylation is 4. The van der Waals surface area contributed by atoms with Gasteiger partial charge >= 0.3 is 6.03 Å². The lowest BCUT2D eigenvalue weighted by Gasteiger charge is -2.20. The summed E-state index contributed by atoms with van der Waals surface area (Å²) in [6.45, 7) is 8.21. The summed E-state index contributed by atoms with van der Waals surface area (Å²) in [5.41, 5.74) is 6.55. The molecule has 1 aliphatic carbocycles. The normalized spacial score (nSPS) is 15.1. The molecule has 2 N–H and O–H groups in total. The SMILES string of the molecule is Cc1ccc(C2(NC(=O)Nc3c(C)cc(C)cc3C)CC2)cc1. The smallest absolute Gasteiger partial charge is 0.319 e. The summed E-state index contributed by atoms with van der Waals surface area (Å²) in [6, 6.07) is 12.5. The van der Waals surface area contributed by atoms with Crippen molar-refractivity contribution in [3.63, 3.8) is 0 Å². The van der Waals surface area contributed by atoms with Gasteiger partial charge in [-0.15, -0.1) is 0 Å². The van der Waals surface area contributed by atoms with Gasteiger partial charge in [0.1, 0.15) is 0 Å². The van der Waals surface area contributed by atoms with Crippen molar-refractivity contribution in [2.45, 2.75) is 46.1 Å². The molecule has 0 aromatic heterocycles. The highest BCUT2D eigenvalue weighted by Gasteiger charge is 2.45. The van der Waals surface area contributed by atoms with Gasteiger partial charge in [0.05, 0.1) is 5.54 Å². The third-order valence-electron chi connectivity index (χ3n) is 4.62. The Balaban J connectivity index is 1.74. The second-order valence-electron chi connectivity index (χ2n) is 6.80. The van der Waals surface area contributed by atoms with Crippen LogP contribution in [0.4, 0.5) is 10.5 Å². The van der Waals surface area contributed by atoms with Crippen LogP contribution in [0.5, 0.6) is 0 Å². The summed E-state index contributed by atoms with van der Waals surface area (Å²) in [6.07, 6.45) is 1.99. The first-order chi connectivity index (χ1) is 10.9. The average Bonchev–Trinajstić information content (AvgIpc) is 3.24. The van der Waals surface area contributed by atoms with E-state index in [0.29, 0.717) is 0 Å². The molecule has 1 saturated carbocycles. The first-order valence-corrected chi connectivity index (χ1v) is 8.14. The lowest BCUT2D eigenvalue weighted by Crippen LogP contribution is -2.38. The third kappa shape index (κ3) is 3.24. The van der Waals surface area contributed by atoms with Crippen molar-refractivity contribution in [1.82, 2.24) is 5.32 Å². The van der Waals surface area contributed by atoms with Crippen LogP contribution < -0.4 is 10.6 Å². The minimum absolute atomic E-state index is 0.127. The van der Waals surface area contributed by atoms with E-state index in [2.05, 4.69) is 60.9 Å². The fraction of sp³-hybridized carbons (Fsp3) is 0.350. The van der Waals surface area contributed by atoms with Gasteiger partial charge < -0.3 is 10.6 Å². The molecular weight excluding hydrogens is 284 g/mol. The summed E-state index contributed by atoms with van der Waals surface area (Å²) in [4.78, 5) is 12.5. The summed E-state index contributed by atoms with van der Waals surface area (Å²) in [7, 11) is 0. The largest absolute Gasteiger partial charge is 0.328 e. The van der Waals surface area contributed by atoms with Crippen molar-refractivity contribution >= 4 is 11.7 Å². The lowest BCUT2D eigenvalue weighted by molar-refractivity contribution is 0.247. The van der Waals surface area contributed by atoms with Crippen molar-refractivity contribution in [1.29, 1.82) is 0 Å². The van der Waals surface area contributed by atoms with E-state index in [1.54, 1.807) is 0 Å². The molecule has 3 nitrogen and oxygen atoms in total. The fourth-order valence-electron chi connectivity index (χ4n) is 3.22. The van der Waals surface area contributed by atoms with Crippen LogP contribution in [0.2, 0.25) is 0 Å². The molecule has 2 aromatic carbocycles. The zero-order chi connectivity index (χ0) is 16.6. The molecule has 0 heterocycles. The molecule has 3 rings (SSSR count). The van der Waals surface area contributed by atoms with Crippen LogP contribution in [0.25, 0.3) is 0 Å². The van der Waals surface area contributed by atoms with E-state index < -0.39 is 0 Å². The lowest BCUT2D eigenvalue weighted by atomic mass is 10.0. The molecule has 23 heavy (non-hydrogen) atoms. The highest BCUT2D eigenvalue weighted by molar-refractivity contribution is 5.92. The number of benzene rings is 2. The first kappa shape index (κ1) is 15.6. The highest BCUT2D eigenvalue weighted by Crippen LogP contribution is 2.45. The summed E-state index contributed by atoms with van der Waals surface area (Å²) in [5, 5.41) is 6.20. The molecule has 0 saturated heterocycles. The number of hydrogen-bond acceptors (Lipinski definition) is 1. The van der Waals surface area contributed by atoms with Gasteiger partial charge in [-0.1, -0.05) is 47.5 Å². The Bertz CT molecular complexity index is 720. The Labute approximate surface area is 138 Å². The van der Waals surface area contributed by atoms with Crippen molar-refractivity contribution in [3.8, 4) is 0 Å². The molecule has 3 heteroatoms. The maximum absolute atomic E-state index is 12.5. The van der Waals surface area contributed by atoms with Crippen molar-refractivity contribution in [2.75, 3.05) is 5.32 Å². The summed E-state index contributed by atoms with van der Waals surface area (Å²) >= 11 is 0. The minimum atomic E-state index is -0.190. The van der Waals surface area contributed by atoms with Gasteiger partial charge in [-0.25, -0.2) is 4.79 Å². The van der Waals surface area contributed by atoms with Gasteiger partial charge in [0.15, 0.2) is 0 Å². The van der Waals surface area contributed by atoms with Gasteiger partial charge in [0, 0.05) is 5.69 Å². The van der Waals surface area contributed by atoms with Gasteiger partial charge in [0.2, 0.25) is 0 Å². The molecule has 0 bridgehead atoms. The molecule has 2 aromatic rings. The summed E-state index contributed by atoms with van der Waals surface area (Å²) in [5.74, 6) is 0. The van der Waals surface area contributed by atoms with Crippen LogP contribution in [0.15, 0.2) is 36.4 Å². The zero-order valence-electron chi connectivity index (χ0n) is 14.3. The van der Waals surface area contributed by atoms with Crippen molar-refractivity contribution in [3.05, 3.63) is 64.2 Å². The van der Waals surface area contributed by atoms with Crippen LogP contribution in [0.3, 0.4) is 0 Å². The summed E-state index contributed by atoms with van der Waals surface area (Å²) < 4.78 is 0. The molecule has 1 aliphatic rings. The monoisotopic (exact) mass is 308 g/mol. The van der Waals surface area contributed by atoms with Gasteiger partial charge in [0.25, 0.3) is 0 Å². The molecule has 0 radical (unpaired) electrons. The number of carbonyl (C=O) groups is 1. The zero-order valence-corrected chi connectivity index (χ0v) is 14.3. The number of rotatable bonds is 3. The number of amides is 2. The van der Waals surface area contributed by atoms with Gasteiger partial charge in [-0.2, -0.15) is 0 Å². The fourth-order valence-corrected chi connectivity index (χ4v) is 3.22. The van der Waals surface area contributed by atoms with E-state index in [1.165, 1.54) is 16.7 Å². The molecule has 0 spiro atoms. The second kappa shape index (κ2) is 5.73. The van der Waals surface area contributed by atoms with Crippen LogP contribution >= 0.6 is 0 Å². The van der Waals surface area contributed by atoms with Crippen LogP contribution in [-0.4, -0.2) is 6.03 Å². The number of carbonyl (C=O) groups excluding carboxylic acids is 1. The number of nitrogens with one attached hydrogen (secondary N) is 2.